The summed E-state index contributed by atoms with van der Waals surface area (Å²) in [5, 5.41) is 12.4. The number of hydrogen-bond acceptors (Lipinski definition) is 8. The van der Waals surface area contributed by atoms with Gasteiger partial charge in [0.25, 0.3) is 0 Å². The molecule has 0 bridgehead atoms. The number of hydrogen-bond donors (Lipinski definition) is 4. The Bertz CT molecular complexity index is 780. The van der Waals surface area contributed by atoms with Gasteiger partial charge >= 0.3 is 12.1 Å². The first kappa shape index (κ1) is 24.0. The zero-order valence-electron chi connectivity index (χ0n) is 16.4. The van der Waals surface area contributed by atoms with Gasteiger partial charge in [-0.05, 0) is 32.9 Å². The maximum Gasteiger partial charge on any atom is 0.410 e. The van der Waals surface area contributed by atoms with Crippen molar-refractivity contribution in [1.29, 1.82) is 0 Å². The summed E-state index contributed by atoms with van der Waals surface area (Å²) in [5.74, 6) is 3.85. The smallest absolute Gasteiger partial charge is 0.410 e. The normalized spacial score (nSPS) is 11.2. The van der Waals surface area contributed by atoms with Crippen LogP contribution in [-0.2, 0) is 9.53 Å². The molecule has 0 saturated carbocycles. The van der Waals surface area contributed by atoms with Crippen LogP contribution in [-0.4, -0.2) is 63.2 Å². The van der Waals surface area contributed by atoms with Crippen LogP contribution in [0.5, 0.6) is 0 Å². The van der Waals surface area contributed by atoms with Gasteiger partial charge in [0, 0.05) is 18.9 Å². The molecule has 0 saturated heterocycles. The molecule has 29 heavy (non-hydrogen) atoms. The quantitative estimate of drug-likeness (QED) is 0.270. The molecule has 0 aromatic carbocycles. The van der Waals surface area contributed by atoms with Crippen LogP contribution in [0.2, 0.25) is 5.15 Å². The van der Waals surface area contributed by atoms with E-state index in [1.807, 2.05) is 0 Å². The number of nitrogens with one attached hydrogen (secondary N) is 1. The highest BCUT2D eigenvalue weighted by Crippen LogP contribution is 2.19. The van der Waals surface area contributed by atoms with Crippen molar-refractivity contribution in [3.05, 3.63) is 35.4 Å². The van der Waals surface area contributed by atoms with E-state index in [1.54, 1.807) is 20.8 Å². The molecule has 1 heterocycles. The van der Waals surface area contributed by atoms with Crippen molar-refractivity contribution in [3.8, 4) is 0 Å². The molecule has 1 aromatic rings. The van der Waals surface area contributed by atoms with Gasteiger partial charge in [-0.3, -0.25) is 9.69 Å². The second-order valence-electron chi connectivity index (χ2n) is 6.87. The number of halogens is 1. The molecule has 11 nitrogen and oxygen atoms in total. The van der Waals surface area contributed by atoms with Gasteiger partial charge in [-0.1, -0.05) is 11.6 Å². The topological polar surface area (TPSA) is 164 Å². The van der Waals surface area contributed by atoms with E-state index in [1.165, 1.54) is 29.5 Å². The lowest BCUT2D eigenvalue weighted by Crippen LogP contribution is -2.45. The number of nitrogens with two attached hydrogens (primary N) is 2. The molecule has 0 aliphatic rings. The number of nitrogens with zero attached hydrogens (tertiary/aromatic N) is 3. The number of carbonyl (C=O) groups is 3. The van der Waals surface area contributed by atoms with Crippen LogP contribution in [0.1, 0.15) is 31.3 Å². The lowest BCUT2D eigenvalue weighted by Gasteiger charge is -2.28. The number of aromatic nitrogens is 1. The van der Waals surface area contributed by atoms with Gasteiger partial charge in [0.1, 0.15) is 17.8 Å². The van der Waals surface area contributed by atoms with E-state index in [-0.39, 0.29) is 36.2 Å². The number of carboxylic acids is 1. The summed E-state index contributed by atoms with van der Waals surface area (Å²) in [5.41, 5.74) is 4.35. The minimum atomic E-state index is -1.25. The minimum Gasteiger partial charge on any atom is -0.477 e. The number of rotatable bonds is 8. The number of aromatic carboxylic acids is 1. The van der Waals surface area contributed by atoms with Gasteiger partial charge in [-0.25, -0.2) is 20.4 Å². The van der Waals surface area contributed by atoms with E-state index in [0.717, 1.165) is 4.90 Å². The predicted molar refractivity (Wildman–Crippen MR) is 107 cm³/mol. The van der Waals surface area contributed by atoms with E-state index in [2.05, 4.69) is 10.3 Å². The first-order chi connectivity index (χ1) is 13.4. The van der Waals surface area contributed by atoms with Crippen LogP contribution in [0, 0.1) is 0 Å². The van der Waals surface area contributed by atoms with Crippen molar-refractivity contribution < 1.29 is 24.2 Å². The van der Waals surface area contributed by atoms with E-state index in [9.17, 15) is 14.4 Å². The summed E-state index contributed by atoms with van der Waals surface area (Å²) in [4.78, 5) is 40.6. The van der Waals surface area contributed by atoms with Gasteiger partial charge < -0.3 is 25.9 Å². The second-order valence-corrected chi connectivity index (χ2v) is 7.23. The Morgan fingerprint density at radius 1 is 1.31 bits per heavy atom. The molecule has 12 heteroatoms. The summed E-state index contributed by atoms with van der Waals surface area (Å²) >= 11 is 5.90. The predicted octanol–water partition coefficient (Wildman–Crippen LogP) is 1.21. The van der Waals surface area contributed by atoms with Crippen LogP contribution >= 0.6 is 11.6 Å². The first-order valence-electron chi connectivity index (χ1n) is 8.50. The van der Waals surface area contributed by atoms with E-state index < -0.39 is 23.6 Å². The Balaban J connectivity index is 2.86. The van der Waals surface area contributed by atoms with Crippen LogP contribution in [0.4, 0.5) is 10.5 Å². The standard InChI is InChI=1S/C17H25ClN6O5/c1-17(2,3)29-16(28)23(8-9-24(20)7-6-19)10-13(25)21-11-4-5-12(15(26)27)22-14(11)18/h4-7H,8-10,19-20H2,1-3H3,(H,21,25)(H,26,27)/b7-6-. The summed E-state index contributed by atoms with van der Waals surface area (Å²) in [6.45, 7) is 5.01. The first-order valence-corrected chi connectivity index (χ1v) is 8.88. The van der Waals surface area contributed by atoms with Crippen molar-refractivity contribution >= 4 is 35.3 Å². The lowest BCUT2D eigenvalue weighted by atomic mass is 10.2. The summed E-state index contributed by atoms with van der Waals surface area (Å²) in [6, 6.07) is 2.50. The lowest BCUT2D eigenvalue weighted by molar-refractivity contribution is -0.117. The van der Waals surface area contributed by atoms with Gasteiger partial charge in [0.15, 0.2) is 5.15 Å². The number of anilines is 1. The van der Waals surface area contributed by atoms with Crippen molar-refractivity contribution in [3.63, 3.8) is 0 Å². The van der Waals surface area contributed by atoms with Crippen LogP contribution in [0.3, 0.4) is 0 Å². The summed E-state index contributed by atoms with van der Waals surface area (Å²) in [7, 11) is 0. The fraction of sp³-hybridized carbons (Fsp3) is 0.412. The highest BCUT2D eigenvalue weighted by Gasteiger charge is 2.24. The van der Waals surface area contributed by atoms with Crippen LogP contribution < -0.4 is 16.9 Å². The molecular formula is C17H25ClN6O5. The third-order valence-electron chi connectivity index (χ3n) is 3.23. The van der Waals surface area contributed by atoms with E-state index >= 15 is 0 Å². The number of pyridine rings is 1. The van der Waals surface area contributed by atoms with Gasteiger partial charge in [-0.15, -0.1) is 0 Å². The number of carbonyl (C=O) groups excluding carboxylic acids is 2. The van der Waals surface area contributed by atoms with Gasteiger partial charge in [0.05, 0.1) is 12.2 Å². The number of ether oxygens (including phenoxy) is 1. The second kappa shape index (κ2) is 10.5. The molecule has 0 spiro atoms. The van der Waals surface area contributed by atoms with Crippen molar-refractivity contribution in [2.45, 2.75) is 26.4 Å². The molecule has 1 rings (SSSR count). The zero-order chi connectivity index (χ0) is 22.2. The largest absolute Gasteiger partial charge is 0.477 e. The maximum absolute atomic E-state index is 12.4. The monoisotopic (exact) mass is 428 g/mol. The Hall–Kier alpha value is -3.05. The number of carboxylic acid groups (broad SMARTS) is 1. The molecule has 0 fully saturated rings. The zero-order valence-corrected chi connectivity index (χ0v) is 17.1. The summed E-state index contributed by atoms with van der Waals surface area (Å²) in [6.07, 6.45) is 1.94. The third-order valence-corrected chi connectivity index (χ3v) is 3.52. The highest BCUT2D eigenvalue weighted by molar-refractivity contribution is 6.32. The Kier molecular flexibility index (Phi) is 8.67. The average Bonchev–Trinajstić information content (AvgIpc) is 2.58. The molecular weight excluding hydrogens is 404 g/mol. The molecule has 0 unspecified atom stereocenters. The molecule has 0 radical (unpaired) electrons. The Labute approximate surface area is 173 Å². The molecule has 0 aliphatic heterocycles. The molecule has 2 amide bonds. The van der Waals surface area contributed by atoms with Crippen molar-refractivity contribution in [1.82, 2.24) is 14.9 Å². The molecule has 160 valence electrons. The molecule has 1 aromatic heterocycles. The van der Waals surface area contributed by atoms with Crippen LogP contribution in [0.15, 0.2) is 24.5 Å². The third kappa shape index (κ3) is 8.66. The van der Waals surface area contributed by atoms with E-state index in [4.69, 9.17) is 33.0 Å². The molecule has 0 aliphatic carbocycles. The number of amides is 2. The average molecular weight is 429 g/mol. The van der Waals surface area contributed by atoms with Gasteiger partial charge in [0.2, 0.25) is 5.91 Å². The SMILES string of the molecule is CC(C)(C)OC(=O)N(CCN(N)/C=C\N)CC(=O)Nc1ccc(C(=O)O)nc1Cl. The Morgan fingerprint density at radius 3 is 2.48 bits per heavy atom. The fourth-order valence-electron chi connectivity index (χ4n) is 1.99. The minimum absolute atomic E-state index is 0.0765. The fourth-order valence-corrected chi connectivity index (χ4v) is 2.19. The van der Waals surface area contributed by atoms with Gasteiger partial charge in [-0.2, -0.15) is 0 Å². The summed E-state index contributed by atoms with van der Waals surface area (Å²) < 4.78 is 5.31. The highest BCUT2D eigenvalue weighted by atomic mass is 35.5. The molecule has 0 atom stereocenters. The molecule has 6 N–H and O–H groups in total. The van der Waals surface area contributed by atoms with Crippen LogP contribution in [0.25, 0.3) is 0 Å². The van der Waals surface area contributed by atoms with Crippen molar-refractivity contribution in [2.24, 2.45) is 11.6 Å². The van der Waals surface area contributed by atoms with Crippen molar-refractivity contribution in [2.75, 3.05) is 25.0 Å². The maximum atomic E-state index is 12.4. The van der Waals surface area contributed by atoms with E-state index in [0.29, 0.717) is 0 Å². The Morgan fingerprint density at radius 2 is 1.97 bits per heavy atom. The number of hydrazine groups is 1.